The van der Waals surface area contributed by atoms with Crippen LogP contribution in [0.15, 0.2) is 24.3 Å². The summed E-state index contributed by atoms with van der Waals surface area (Å²) in [6, 6.07) is 6.75. The molecule has 2 aromatic rings. The zero-order chi connectivity index (χ0) is 17.5. The summed E-state index contributed by atoms with van der Waals surface area (Å²) in [6.07, 6.45) is 0. The van der Waals surface area contributed by atoms with Crippen molar-refractivity contribution < 1.29 is 14.3 Å². The van der Waals surface area contributed by atoms with Gasteiger partial charge in [0.1, 0.15) is 12.4 Å². The van der Waals surface area contributed by atoms with E-state index < -0.39 is 0 Å². The van der Waals surface area contributed by atoms with Crippen molar-refractivity contribution in [3.63, 3.8) is 0 Å². The van der Waals surface area contributed by atoms with E-state index in [4.69, 9.17) is 4.74 Å². The van der Waals surface area contributed by atoms with Crippen LogP contribution in [0.5, 0.6) is 5.75 Å². The Morgan fingerprint density at radius 1 is 1.25 bits per heavy atom. The van der Waals surface area contributed by atoms with Crippen molar-refractivity contribution in [1.82, 2.24) is 30.8 Å². The molecule has 2 rings (SSSR count). The number of tetrazole rings is 1. The highest BCUT2D eigenvalue weighted by atomic mass is 16.5. The number of hydrogen-bond donors (Lipinski definition) is 2. The van der Waals surface area contributed by atoms with Gasteiger partial charge in [-0.05, 0) is 48.5 Å². The van der Waals surface area contributed by atoms with Crippen LogP contribution in [-0.4, -0.2) is 45.6 Å². The smallest absolute Gasteiger partial charge is 0.251 e. The second-order valence-electron chi connectivity index (χ2n) is 5.30. The first kappa shape index (κ1) is 17.4. The average molecular weight is 332 g/mol. The van der Waals surface area contributed by atoms with Gasteiger partial charge in [0, 0.05) is 12.6 Å². The number of carbonyl (C=O) groups excluding carboxylic acids is 2. The lowest BCUT2D eigenvalue weighted by Gasteiger charge is -2.09. The van der Waals surface area contributed by atoms with E-state index in [1.54, 1.807) is 28.9 Å². The number of ether oxygens (including phenoxy) is 1. The molecule has 0 saturated heterocycles. The van der Waals surface area contributed by atoms with Gasteiger partial charge in [-0.1, -0.05) is 0 Å². The van der Waals surface area contributed by atoms with Crippen LogP contribution in [0.3, 0.4) is 0 Å². The Balaban J connectivity index is 1.91. The van der Waals surface area contributed by atoms with Crippen molar-refractivity contribution in [2.24, 2.45) is 0 Å². The maximum Gasteiger partial charge on any atom is 0.251 e. The van der Waals surface area contributed by atoms with E-state index in [0.29, 0.717) is 17.1 Å². The number of aromatic nitrogens is 4. The number of benzene rings is 1. The van der Waals surface area contributed by atoms with E-state index in [-0.39, 0.29) is 31.0 Å². The lowest BCUT2D eigenvalue weighted by Crippen LogP contribution is -2.35. The second kappa shape index (κ2) is 8.04. The van der Waals surface area contributed by atoms with Gasteiger partial charge in [0.15, 0.2) is 5.82 Å². The van der Waals surface area contributed by atoms with Crippen LogP contribution < -0.4 is 15.4 Å². The molecule has 0 radical (unpaired) electrons. The monoisotopic (exact) mass is 332 g/mol. The first-order valence-electron chi connectivity index (χ1n) is 7.49. The van der Waals surface area contributed by atoms with Gasteiger partial charge in [0.2, 0.25) is 5.91 Å². The Bertz CT molecular complexity index is 695. The first-order chi connectivity index (χ1) is 11.5. The summed E-state index contributed by atoms with van der Waals surface area (Å²) in [7, 11) is 1.51. The molecule has 0 aliphatic carbocycles. The summed E-state index contributed by atoms with van der Waals surface area (Å²) in [5.74, 6) is 0.633. The SMILES string of the molecule is CNC(=O)CNC(=O)c1ccc(OCc2nnnn2C(C)C)cc1. The predicted octanol–water partition coefficient (Wildman–Crippen LogP) is 0.309. The van der Waals surface area contributed by atoms with Crippen LogP contribution in [-0.2, 0) is 11.4 Å². The number of likely N-dealkylation sites (N-methyl/N-ethyl adjacent to an activating group) is 1. The Morgan fingerprint density at radius 2 is 1.96 bits per heavy atom. The Hall–Kier alpha value is -2.97. The highest BCUT2D eigenvalue weighted by Gasteiger charge is 2.10. The highest BCUT2D eigenvalue weighted by molar-refractivity contribution is 5.96. The van der Waals surface area contributed by atoms with E-state index in [2.05, 4.69) is 26.2 Å². The third-order valence-corrected chi connectivity index (χ3v) is 3.22. The van der Waals surface area contributed by atoms with Crippen molar-refractivity contribution in [3.05, 3.63) is 35.7 Å². The molecule has 0 unspecified atom stereocenters. The number of rotatable bonds is 7. The average Bonchev–Trinajstić information content (AvgIpc) is 3.06. The molecule has 1 heterocycles. The largest absolute Gasteiger partial charge is 0.486 e. The normalized spacial score (nSPS) is 10.5. The van der Waals surface area contributed by atoms with Gasteiger partial charge >= 0.3 is 0 Å². The third-order valence-electron chi connectivity index (χ3n) is 3.22. The van der Waals surface area contributed by atoms with Gasteiger partial charge in [0.05, 0.1) is 12.6 Å². The van der Waals surface area contributed by atoms with Crippen molar-refractivity contribution in [2.75, 3.05) is 13.6 Å². The first-order valence-corrected chi connectivity index (χ1v) is 7.49. The number of hydrogen-bond acceptors (Lipinski definition) is 6. The Kier molecular flexibility index (Phi) is 5.83. The van der Waals surface area contributed by atoms with E-state index in [1.807, 2.05) is 13.8 Å². The zero-order valence-corrected chi connectivity index (χ0v) is 13.8. The predicted molar refractivity (Wildman–Crippen MR) is 85.4 cm³/mol. The molecule has 0 aliphatic heterocycles. The summed E-state index contributed by atoms with van der Waals surface area (Å²) in [5, 5.41) is 16.4. The molecule has 9 nitrogen and oxygen atoms in total. The fourth-order valence-corrected chi connectivity index (χ4v) is 1.91. The number of nitrogens with one attached hydrogen (secondary N) is 2. The lowest BCUT2D eigenvalue weighted by atomic mass is 10.2. The number of amides is 2. The fraction of sp³-hybridized carbons (Fsp3) is 0.400. The maximum atomic E-state index is 11.9. The van der Waals surface area contributed by atoms with E-state index in [9.17, 15) is 9.59 Å². The molecule has 128 valence electrons. The molecular formula is C15H20N6O3. The van der Waals surface area contributed by atoms with Crippen molar-refractivity contribution >= 4 is 11.8 Å². The van der Waals surface area contributed by atoms with Crippen LogP contribution in [0.2, 0.25) is 0 Å². The van der Waals surface area contributed by atoms with Gasteiger partial charge in [-0.25, -0.2) is 4.68 Å². The van der Waals surface area contributed by atoms with Gasteiger partial charge in [0.25, 0.3) is 5.91 Å². The molecule has 0 atom stereocenters. The molecule has 2 N–H and O–H groups in total. The second-order valence-corrected chi connectivity index (χ2v) is 5.30. The summed E-state index contributed by atoms with van der Waals surface area (Å²) in [5.41, 5.74) is 0.443. The molecule has 0 aliphatic rings. The highest BCUT2D eigenvalue weighted by Crippen LogP contribution is 2.14. The molecule has 0 spiro atoms. The molecule has 1 aromatic heterocycles. The van der Waals surface area contributed by atoms with Crippen LogP contribution in [0.25, 0.3) is 0 Å². The standard InChI is InChI=1S/C15H20N6O3/c1-10(2)21-13(18-19-20-21)9-24-12-6-4-11(5-7-12)15(23)17-8-14(22)16-3/h4-7,10H,8-9H2,1-3H3,(H,16,22)(H,17,23). The minimum absolute atomic E-state index is 0.0640. The van der Waals surface area contributed by atoms with E-state index in [0.717, 1.165) is 0 Å². The third kappa shape index (κ3) is 4.51. The van der Waals surface area contributed by atoms with Gasteiger partial charge < -0.3 is 15.4 Å². The van der Waals surface area contributed by atoms with Crippen molar-refractivity contribution in [3.8, 4) is 5.75 Å². The quantitative estimate of drug-likeness (QED) is 0.755. The van der Waals surface area contributed by atoms with E-state index >= 15 is 0 Å². The Morgan fingerprint density at radius 3 is 2.58 bits per heavy atom. The molecule has 0 saturated carbocycles. The van der Waals surface area contributed by atoms with E-state index in [1.165, 1.54) is 7.05 Å². The van der Waals surface area contributed by atoms with Crippen molar-refractivity contribution in [1.29, 1.82) is 0 Å². The summed E-state index contributed by atoms with van der Waals surface area (Å²) in [4.78, 5) is 23.0. The van der Waals surface area contributed by atoms with Gasteiger partial charge in [-0.3, -0.25) is 9.59 Å². The molecule has 2 amide bonds. The minimum Gasteiger partial charge on any atom is -0.486 e. The maximum absolute atomic E-state index is 11.9. The molecule has 0 fully saturated rings. The van der Waals surface area contributed by atoms with Crippen LogP contribution in [0.4, 0.5) is 0 Å². The molecular weight excluding hydrogens is 312 g/mol. The Labute approximate surface area is 139 Å². The topological polar surface area (TPSA) is 111 Å². The van der Waals surface area contributed by atoms with Crippen LogP contribution >= 0.6 is 0 Å². The number of nitrogens with zero attached hydrogens (tertiary/aromatic N) is 4. The molecule has 1 aromatic carbocycles. The molecule has 9 heteroatoms. The molecule has 0 bridgehead atoms. The number of carbonyl (C=O) groups is 2. The lowest BCUT2D eigenvalue weighted by molar-refractivity contribution is -0.119. The van der Waals surface area contributed by atoms with Crippen LogP contribution in [0, 0.1) is 0 Å². The summed E-state index contributed by atoms with van der Waals surface area (Å²) >= 11 is 0. The summed E-state index contributed by atoms with van der Waals surface area (Å²) in [6.45, 7) is 4.12. The van der Waals surface area contributed by atoms with Gasteiger partial charge in [-0.2, -0.15) is 0 Å². The summed E-state index contributed by atoms with van der Waals surface area (Å²) < 4.78 is 7.31. The minimum atomic E-state index is -0.325. The van der Waals surface area contributed by atoms with Crippen molar-refractivity contribution in [2.45, 2.75) is 26.5 Å². The van der Waals surface area contributed by atoms with Gasteiger partial charge in [-0.15, -0.1) is 5.10 Å². The fourth-order valence-electron chi connectivity index (χ4n) is 1.91. The van der Waals surface area contributed by atoms with Crippen LogP contribution in [0.1, 0.15) is 36.1 Å². The zero-order valence-electron chi connectivity index (χ0n) is 13.8. The molecule has 24 heavy (non-hydrogen) atoms.